The van der Waals surface area contributed by atoms with Gasteiger partial charge in [0.15, 0.2) is 0 Å². The smallest absolute Gasteiger partial charge is 0.243 e. The second kappa shape index (κ2) is 11.2. The van der Waals surface area contributed by atoms with Crippen LogP contribution >= 0.6 is 11.3 Å². The molecule has 4 rings (SSSR count). The average Bonchev–Trinajstić information content (AvgIpc) is 3.32. The molecule has 8 heteroatoms. The van der Waals surface area contributed by atoms with Crippen LogP contribution in [0.4, 0.5) is 0 Å². The highest BCUT2D eigenvalue weighted by Gasteiger charge is 2.35. The number of fused-ring (bicyclic) bond motifs is 1. The summed E-state index contributed by atoms with van der Waals surface area (Å²) in [5.41, 5.74) is 4.29. The van der Waals surface area contributed by atoms with Crippen LogP contribution in [0.1, 0.15) is 46.5 Å². The first-order chi connectivity index (χ1) is 17.2. The molecule has 192 valence electrons. The van der Waals surface area contributed by atoms with Crippen molar-refractivity contribution in [1.29, 1.82) is 0 Å². The first kappa shape index (κ1) is 26.4. The van der Waals surface area contributed by atoms with Crippen molar-refractivity contribution in [2.75, 3.05) is 26.2 Å². The molecular formula is C28H34N2O4S2. The van der Waals surface area contributed by atoms with Crippen molar-refractivity contribution in [2.24, 2.45) is 0 Å². The topological polar surface area (TPSA) is 66.9 Å². The summed E-state index contributed by atoms with van der Waals surface area (Å²) >= 11 is 1.69. The Morgan fingerprint density at radius 1 is 1.08 bits per heavy atom. The molecule has 1 atom stereocenters. The number of nitrogens with zero attached hydrogens (tertiary/aromatic N) is 2. The Morgan fingerprint density at radius 3 is 2.50 bits per heavy atom. The highest BCUT2D eigenvalue weighted by atomic mass is 32.2. The number of ether oxygens (including phenoxy) is 1. The van der Waals surface area contributed by atoms with Crippen molar-refractivity contribution in [3.8, 4) is 5.75 Å². The molecule has 2 aromatic carbocycles. The summed E-state index contributed by atoms with van der Waals surface area (Å²) in [6.07, 6.45) is 1.38. The van der Waals surface area contributed by atoms with Crippen molar-refractivity contribution >= 4 is 27.3 Å². The van der Waals surface area contributed by atoms with Crippen molar-refractivity contribution in [2.45, 2.75) is 51.5 Å². The standard InChI is InChI=1S/C28H34N2O4S2/c1-5-14-29(36(32,33)23-9-6-20(2)7-10-23)18-28(31)30-15-12-27-24(13-16-35-27)25(30)19-34-26-11-8-21(3)17-22(26)4/h6-11,13,16-17,25H,5,12,14-15,18-19H2,1-4H3. The quantitative estimate of drug-likeness (QED) is 0.381. The van der Waals surface area contributed by atoms with Gasteiger partial charge < -0.3 is 9.64 Å². The van der Waals surface area contributed by atoms with Gasteiger partial charge in [-0.05, 0) is 74.4 Å². The highest BCUT2D eigenvalue weighted by Crippen LogP contribution is 2.34. The fraction of sp³-hybridized carbons (Fsp3) is 0.393. The van der Waals surface area contributed by atoms with Gasteiger partial charge in [0.2, 0.25) is 15.9 Å². The van der Waals surface area contributed by atoms with Gasteiger partial charge >= 0.3 is 0 Å². The van der Waals surface area contributed by atoms with Crippen LogP contribution in [0.15, 0.2) is 58.8 Å². The summed E-state index contributed by atoms with van der Waals surface area (Å²) in [4.78, 5) is 16.9. The molecule has 36 heavy (non-hydrogen) atoms. The third-order valence-corrected chi connectivity index (χ3v) is 9.44. The van der Waals surface area contributed by atoms with Crippen LogP contribution in [0.3, 0.4) is 0 Å². The lowest BCUT2D eigenvalue weighted by Crippen LogP contribution is -2.48. The van der Waals surface area contributed by atoms with Gasteiger partial charge in [0.1, 0.15) is 12.4 Å². The lowest BCUT2D eigenvalue weighted by atomic mass is 10.0. The Kier molecular flexibility index (Phi) is 8.17. The first-order valence-electron chi connectivity index (χ1n) is 12.3. The summed E-state index contributed by atoms with van der Waals surface area (Å²) in [6, 6.07) is 14.6. The summed E-state index contributed by atoms with van der Waals surface area (Å²) in [6.45, 7) is 8.84. The van der Waals surface area contributed by atoms with E-state index in [-0.39, 0.29) is 29.9 Å². The van der Waals surface area contributed by atoms with Gasteiger partial charge in [-0.15, -0.1) is 11.3 Å². The van der Waals surface area contributed by atoms with Gasteiger partial charge in [-0.25, -0.2) is 8.42 Å². The van der Waals surface area contributed by atoms with E-state index in [1.54, 1.807) is 40.5 Å². The predicted molar refractivity (Wildman–Crippen MR) is 144 cm³/mol. The molecule has 1 aliphatic rings. The van der Waals surface area contributed by atoms with Crippen LogP contribution in [0.2, 0.25) is 0 Å². The summed E-state index contributed by atoms with van der Waals surface area (Å²) in [5.74, 6) is 0.593. The van der Waals surface area contributed by atoms with E-state index >= 15 is 0 Å². The molecule has 0 radical (unpaired) electrons. The number of carbonyl (C=O) groups excluding carboxylic acids is 1. The second-order valence-electron chi connectivity index (χ2n) is 9.38. The van der Waals surface area contributed by atoms with E-state index < -0.39 is 10.0 Å². The molecule has 3 aromatic rings. The third kappa shape index (κ3) is 5.66. The number of benzene rings is 2. The molecule has 0 fully saturated rings. The number of rotatable bonds is 9. The van der Waals surface area contributed by atoms with Gasteiger partial charge in [0, 0.05) is 18.0 Å². The Hall–Kier alpha value is -2.68. The zero-order valence-corrected chi connectivity index (χ0v) is 23.0. The average molecular weight is 527 g/mol. The molecule has 0 aliphatic carbocycles. The molecule has 1 amide bonds. The van der Waals surface area contributed by atoms with Crippen LogP contribution in [0, 0.1) is 20.8 Å². The normalized spacial score (nSPS) is 15.7. The van der Waals surface area contributed by atoms with E-state index in [0.717, 1.165) is 28.9 Å². The van der Waals surface area contributed by atoms with E-state index in [2.05, 4.69) is 12.1 Å². The highest BCUT2D eigenvalue weighted by molar-refractivity contribution is 7.89. The number of sulfonamides is 1. The van der Waals surface area contributed by atoms with Crippen LogP contribution < -0.4 is 4.74 Å². The fourth-order valence-corrected chi connectivity index (χ4v) is 7.05. The zero-order valence-electron chi connectivity index (χ0n) is 21.4. The van der Waals surface area contributed by atoms with Crippen molar-refractivity contribution in [3.05, 3.63) is 81.0 Å². The van der Waals surface area contributed by atoms with Gasteiger partial charge in [0.05, 0.1) is 17.5 Å². The number of amides is 1. The van der Waals surface area contributed by atoms with Crippen LogP contribution in [0.25, 0.3) is 0 Å². The summed E-state index contributed by atoms with van der Waals surface area (Å²) in [7, 11) is -3.79. The van der Waals surface area contributed by atoms with E-state index in [1.165, 1.54) is 14.7 Å². The van der Waals surface area contributed by atoms with Gasteiger partial charge in [-0.3, -0.25) is 4.79 Å². The SMILES string of the molecule is CCCN(CC(=O)N1CCc2sccc2C1COc1ccc(C)cc1C)S(=O)(=O)c1ccc(C)cc1. The Labute approximate surface area is 218 Å². The Bertz CT molecular complexity index is 1320. The molecule has 1 aromatic heterocycles. The molecule has 0 N–H and O–H groups in total. The van der Waals surface area contributed by atoms with Crippen molar-refractivity contribution in [3.63, 3.8) is 0 Å². The number of hydrogen-bond acceptors (Lipinski definition) is 5. The van der Waals surface area contributed by atoms with E-state index in [0.29, 0.717) is 19.6 Å². The summed E-state index contributed by atoms with van der Waals surface area (Å²) in [5, 5.41) is 2.05. The van der Waals surface area contributed by atoms with Gasteiger partial charge in [-0.2, -0.15) is 4.31 Å². The molecular weight excluding hydrogens is 492 g/mol. The minimum Gasteiger partial charge on any atom is -0.491 e. The fourth-order valence-electron chi connectivity index (χ4n) is 4.64. The zero-order chi connectivity index (χ0) is 25.9. The van der Waals surface area contributed by atoms with Crippen molar-refractivity contribution in [1.82, 2.24) is 9.21 Å². The van der Waals surface area contributed by atoms with Gasteiger partial charge in [-0.1, -0.05) is 42.3 Å². The molecule has 6 nitrogen and oxygen atoms in total. The second-order valence-corrected chi connectivity index (χ2v) is 12.3. The van der Waals surface area contributed by atoms with Crippen LogP contribution in [0.5, 0.6) is 5.75 Å². The number of thiophene rings is 1. The monoisotopic (exact) mass is 526 g/mol. The van der Waals surface area contributed by atoms with E-state index in [1.807, 2.05) is 45.2 Å². The Balaban J connectivity index is 1.56. The summed E-state index contributed by atoms with van der Waals surface area (Å²) < 4.78 is 34.3. The number of hydrogen-bond donors (Lipinski definition) is 0. The van der Waals surface area contributed by atoms with E-state index in [9.17, 15) is 13.2 Å². The molecule has 0 spiro atoms. The lowest BCUT2D eigenvalue weighted by Gasteiger charge is -2.37. The maximum atomic E-state index is 13.6. The number of carbonyl (C=O) groups is 1. The van der Waals surface area contributed by atoms with Crippen LogP contribution in [-0.2, 0) is 21.2 Å². The molecule has 0 saturated heterocycles. The van der Waals surface area contributed by atoms with E-state index in [4.69, 9.17) is 4.74 Å². The molecule has 1 aliphatic heterocycles. The minimum absolute atomic E-state index is 0.191. The Morgan fingerprint density at radius 2 is 1.81 bits per heavy atom. The molecule has 2 heterocycles. The minimum atomic E-state index is -3.79. The number of aryl methyl sites for hydroxylation is 3. The molecule has 0 bridgehead atoms. The maximum Gasteiger partial charge on any atom is 0.243 e. The third-order valence-electron chi connectivity index (χ3n) is 6.59. The first-order valence-corrected chi connectivity index (χ1v) is 14.6. The maximum absolute atomic E-state index is 13.6. The predicted octanol–water partition coefficient (Wildman–Crippen LogP) is 5.28. The largest absolute Gasteiger partial charge is 0.491 e. The van der Waals surface area contributed by atoms with Crippen molar-refractivity contribution < 1.29 is 17.9 Å². The van der Waals surface area contributed by atoms with Crippen LogP contribution in [-0.4, -0.2) is 49.8 Å². The molecule has 0 saturated carbocycles. The van der Waals surface area contributed by atoms with Gasteiger partial charge in [0.25, 0.3) is 0 Å². The molecule has 1 unspecified atom stereocenters. The lowest BCUT2D eigenvalue weighted by molar-refractivity contribution is -0.135.